The second kappa shape index (κ2) is 9.66. The van der Waals surface area contributed by atoms with Crippen molar-refractivity contribution in [3.8, 4) is 0 Å². The SMILES string of the molecule is CCCNc1cc(C)nc(CN(CC)CCOCC)n1. The highest BCUT2D eigenvalue weighted by Crippen LogP contribution is 2.08. The van der Waals surface area contributed by atoms with Gasteiger partial charge in [0.25, 0.3) is 0 Å². The van der Waals surface area contributed by atoms with Crippen LogP contribution in [0.2, 0.25) is 0 Å². The highest BCUT2D eigenvalue weighted by atomic mass is 16.5. The minimum absolute atomic E-state index is 0.761. The number of aromatic nitrogens is 2. The van der Waals surface area contributed by atoms with Gasteiger partial charge in [0.2, 0.25) is 0 Å². The van der Waals surface area contributed by atoms with Crippen LogP contribution in [0, 0.1) is 6.92 Å². The lowest BCUT2D eigenvalue weighted by Crippen LogP contribution is -2.28. The van der Waals surface area contributed by atoms with Gasteiger partial charge in [-0.25, -0.2) is 9.97 Å². The maximum atomic E-state index is 5.41. The second-order valence-electron chi connectivity index (χ2n) is 4.80. The number of likely N-dealkylation sites (N-methyl/N-ethyl adjacent to an activating group) is 1. The average Bonchev–Trinajstić information content (AvgIpc) is 2.43. The van der Waals surface area contributed by atoms with E-state index in [0.29, 0.717) is 0 Å². The normalized spacial score (nSPS) is 11.1. The second-order valence-corrected chi connectivity index (χ2v) is 4.80. The standard InChI is InChI=1S/C15H28N4O/c1-5-8-16-14-11-13(4)17-15(18-14)12-19(6-2)9-10-20-7-3/h11H,5-10,12H2,1-4H3,(H,16,17,18). The topological polar surface area (TPSA) is 50.3 Å². The van der Waals surface area contributed by atoms with Crippen molar-refractivity contribution in [1.82, 2.24) is 14.9 Å². The van der Waals surface area contributed by atoms with Crippen LogP contribution in [0.25, 0.3) is 0 Å². The van der Waals surface area contributed by atoms with Gasteiger partial charge in [0, 0.05) is 31.5 Å². The van der Waals surface area contributed by atoms with Crippen molar-refractivity contribution in [3.05, 3.63) is 17.6 Å². The van der Waals surface area contributed by atoms with Crippen LogP contribution in [0.4, 0.5) is 5.82 Å². The predicted octanol–water partition coefficient (Wildman–Crippen LogP) is 2.47. The van der Waals surface area contributed by atoms with E-state index >= 15 is 0 Å². The minimum atomic E-state index is 0.761. The fraction of sp³-hybridized carbons (Fsp3) is 0.733. The van der Waals surface area contributed by atoms with Crippen LogP contribution < -0.4 is 5.32 Å². The molecular formula is C15H28N4O. The Balaban J connectivity index is 2.61. The molecule has 0 aliphatic carbocycles. The third-order valence-electron chi connectivity index (χ3n) is 3.02. The fourth-order valence-electron chi connectivity index (χ4n) is 1.93. The number of aryl methyl sites for hydroxylation is 1. The van der Waals surface area contributed by atoms with Crippen LogP contribution in [0.3, 0.4) is 0 Å². The number of anilines is 1. The number of rotatable bonds is 10. The highest BCUT2D eigenvalue weighted by Gasteiger charge is 2.08. The summed E-state index contributed by atoms with van der Waals surface area (Å²) in [6.45, 7) is 13.5. The number of hydrogen-bond acceptors (Lipinski definition) is 5. The molecule has 114 valence electrons. The molecule has 0 spiro atoms. The molecule has 0 amide bonds. The van der Waals surface area contributed by atoms with Gasteiger partial charge < -0.3 is 10.1 Å². The smallest absolute Gasteiger partial charge is 0.144 e. The molecule has 0 fully saturated rings. The largest absolute Gasteiger partial charge is 0.380 e. The van der Waals surface area contributed by atoms with E-state index in [4.69, 9.17) is 4.74 Å². The summed E-state index contributed by atoms with van der Waals surface area (Å²) in [4.78, 5) is 11.4. The molecule has 0 bridgehead atoms. The van der Waals surface area contributed by atoms with E-state index in [9.17, 15) is 0 Å². The molecule has 20 heavy (non-hydrogen) atoms. The van der Waals surface area contributed by atoms with Gasteiger partial charge in [-0.2, -0.15) is 0 Å². The van der Waals surface area contributed by atoms with Crippen molar-refractivity contribution in [1.29, 1.82) is 0 Å². The van der Waals surface area contributed by atoms with Crippen molar-refractivity contribution in [3.63, 3.8) is 0 Å². The minimum Gasteiger partial charge on any atom is -0.380 e. The Kier molecular flexibility index (Phi) is 8.14. The molecule has 1 aromatic heterocycles. The van der Waals surface area contributed by atoms with Crippen molar-refractivity contribution < 1.29 is 4.74 Å². The van der Waals surface area contributed by atoms with Gasteiger partial charge in [-0.05, 0) is 26.8 Å². The van der Waals surface area contributed by atoms with Crippen LogP contribution in [0.1, 0.15) is 38.7 Å². The van der Waals surface area contributed by atoms with Crippen LogP contribution >= 0.6 is 0 Å². The quantitative estimate of drug-likeness (QED) is 0.667. The first-order chi connectivity index (χ1) is 9.69. The fourth-order valence-corrected chi connectivity index (χ4v) is 1.93. The highest BCUT2D eigenvalue weighted by molar-refractivity contribution is 5.35. The molecule has 0 aliphatic heterocycles. The Morgan fingerprint density at radius 2 is 2.05 bits per heavy atom. The predicted molar refractivity (Wildman–Crippen MR) is 83.0 cm³/mol. The van der Waals surface area contributed by atoms with Gasteiger partial charge in [0.05, 0.1) is 13.2 Å². The third-order valence-corrected chi connectivity index (χ3v) is 3.02. The molecule has 0 atom stereocenters. The summed E-state index contributed by atoms with van der Waals surface area (Å²) in [5.41, 5.74) is 1.01. The van der Waals surface area contributed by atoms with E-state index in [1.165, 1.54) is 0 Å². The first kappa shape index (κ1) is 16.9. The van der Waals surface area contributed by atoms with Crippen LogP contribution in [0.15, 0.2) is 6.07 Å². The van der Waals surface area contributed by atoms with E-state index in [0.717, 1.165) is 63.1 Å². The summed E-state index contributed by atoms with van der Waals surface area (Å²) < 4.78 is 5.41. The summed E-state index contributed by atoms with van der Waals surface area (Å²) in [6, 6.07) is 2.00. The van der Waals surface area contributed by atoms with Crippen LogP contribution in [-0.2, 0) is 11.3 Å². The summed E-state index contributed by atoms with van der Waals surface area (Å²) in [6.07, 6.45) is 1.09. The van der Waals surface area contributed by atoms with Crippen molar-refractivity contribution in [2.75, 3.05) is 38.2 Å². The monoisotopic (exact) mass is 280 g/mol. The van der Waals surface area contributed by atoms with Gasteiger partial charge in [0.1, 0.15) is 11.6 Å². The van der Waals surface area contributed by atoms with Crippen molar-refractivity contribution >= 4 is 5.82 Å². The number of nitrogens with one attached hydrogen (secondary N) is 1. The van der Waals surface area contributed by atoms with E-state index < -0.39 is 0 Å². The Morgan fingerprint density at radius 3 is 2.70 bits per heavy atom. The molecular weight excluding hydrogens is 252 g/mol. The molecule has 1 N–H and O–H groups in total. The maximum absolute atomic E-state index is 5.41. The van der Waals surface area contributed by atoms with Gasteiger partial charge >= 0.3 is 0 Å². The Labute approximate surface area is 122 Å². The first-order valence-corrected chi connectivity index (χ1v) is 7.58. The zero-order chi connectivity index (χ0) is 14.8. The lowest BCUT2D eigenvalue weighted by atomic mass is 10.3. The zero-order valence-electron chi connectivity index (χ0n) is 13.3. The lowest BCUT2D eigenvalue weighted by Gasteiger charge is -2.19. The van der Waals surface area contributed by atoms with Crippen LogP contribution in [-0.4, -0.2) is 47.7 Å². The van der Waals surface area contributed by atoms with Gasteiger partial charge in [-0.15, -0.1) is 0 Å². The van der Waals surface area contributed by atoms with Gasteiger partial charge in [-0.3, -0.25) is 4.90 Å². The Bertz CT molecular complexity index is 384. The Hall–Kier alpha value is -1.20. The number of hydrogen-bond donors (Lipinski definition) is 1. The van der Waals surface area contributed by atoms with E-state index in [1.807, 2.05) is 19.9 Å². The summed E-state index contributed by atoms with van der Waals surface area (Å²) in [5.74, 6) is 1.80. The van der Waals surface area contributed by atoms with Crippen molar-refractivity contribution in [2.24, 2.45) is 0 Å². The molecule has 5 heteroatoms. The first-order valence-electron chi connectivity index (χ1n) is 7.58. The summed E-state index contributed by atoms with van der Waals surface area (Å²) >= 11 is 0. The van der Waals surface area contributed by atoms with E-state index in [-0.39, 0.29) is 0 Å². The molecule has 1 aromatic rings. The zero-order valence-corrected chi connectivity index (χ0v) is 13.3. The molecule has 1 heterocycles. The maximum Gasteiger partial charge on any atom is 0.144 e. The number of nitrogens with zero attached hydrogens (tertiary/aromatic N) is 3. The summed E-state index contributed by atoms with van der Waals surface area (Å²) in [7, 11) is 0. The third kappa shape index (κ3) is 6.30. The molecule has 0 radical (unpaired) electrons. The summed E-state index contributed by atoms with van der Waals surface area (Å²) in [5, 5.41) is 3.32. The lowest BCUT2D eigenvalue weighted by molar-refractivity contribution is 0.112. The van der Waals surface area contributed by atoms with Gasteiger partial charge in [0.15, 0.2) is 0 Å². The van der Waals surface area contributed by atoms with E-state index in [1.54, 1.807) is 0 Å². The Morgan fingerprint density at radius 1 is 1.25 bits per heavy atom. The molecule has 0 saturated carbocycles. The molecule has 0 aromatic carbocycles. The van der Waals surface area contributed by atoms with Gasteiger partial charge in [-0.1, -0.05) is 13.8 Å². The average molecular weight is 280 g/mol. The molecule has 0 aliphatic rings. The molecule has 5 nitrogen and oxygen atoms in total. The molecule has 0 saturated heterocycles. The van der Waals surface area contributed by atoms with Crippen LogP contribution in [0.5, 0.6) is 0 Å². The molecule has 0 unspecified atom stereocenters. The number of ether oxygens (including phenoxy) is 1. The van der Waals surface area contributed by atoms with E-state index in [2.05, 4.69) is 34.0 Å². The molecule has 1 rings (SSSR count). The van der Waals surface area contributed by atoms with Crippen molar-refractivity contribution in [2.45, 2.75) is 40.7 Å².